The van der Waals surface area contributed by atoms with Crippen molar-refractivity contribution in [1.29, 1.82) is 0 Å². The van der Waals surface area contributed by atoms with E-state index in [2.05, 4.69) is 97.7 Å². The Morgan fingerprint density at radius 3 is 2.09 bits per heavy atom. The van der Waals surface area contributed by atoms with E-state index in [0.29, 0.717) is 0 Å². The molecule has 0 spiro atoms. The molecule has 0 saturated carbocycles. The molecule has 6 rings (SSSR count). The Labute approximate surface area is 195 Å². The van der Waals surface area contributed by atoms with Crippen LogP contribution >= 0.6 is 0 Å². The van der Waals surface area contributed by atoms with Crippen molar-refractivity contribution in [3.8, 4) is 33.5 Å². The second-order valence-corrected chi connectivity index (χ2v) is 9.58. The molecule has 33 heavy (non-hydrogen) atoms. The number of aromatic nitrogens is 2. The molecule has 0 aliphatic heterocycles. The summed E-state index contributed by atoms with van der Waals surface area (Å²) in [6.07, 6.45) is 1.85. The zero-order valence-corrected chi connectivity index (χ0v) is 19.5. The van der Waals surface area contributed by atoms with E-state index < -0.39 is 0 Å². The fraction of sp³-hybridized carbons (Fsp3) is 0.161. The largest absolute Gasteiger partial charge is 0.255 e. The van der Waals surface area contributed by atoms with Gasteiger partial charge in [-0.15, -0.1) is 0 Å². The van der Waals surface area contributed by atoms with Gasteiger partial charge < -0.3 is 0 Å². The van der Waals surface area contributed by atoms with Gasteiger partial charge >= 0.3 is 0 Å². The van der Waals surface area contributed by atoms with Crippen LogP contribution in [0.15, 0.2) is 85.1 Å². The van der Waals surface area contributed by atoms with E-state index in [4.69, 9.17) is 4.98 Å². The van der Waals surface area contributed by atoms with E-state index in [0.717, 1.165) is 22.6 Å². The van der Waals surface area contributed by atoms with Crippen LogP contribution in [0.1, 0.15) is 36.4 Å². The molecule has 2 heteroatoms. The zero-order valence-electron chi connectivity index (χ0n) is 19.5. The lowest BCUT2D eigenvalue weighted by molar-refractivity contribution is 0.660. The van der Waals surface area contributed by atoms with Crippen molar-refractivity contribution >= 4 is 10.8 Å². The summed E-state index contributed by atoms with van der Waals surface area (Å²) in [4.78, 5) is 9.38. The number of hydrogen-bond acceptors (Lipinski definition) is 2. The molecule has 0 fully saturated rings. The van der Waals surface area contributed by atoms with Crippen molar-refractivity contribution in [3.63, 3.8) is 0 Å². The highest BCUT2D eigenvalue weighted by Crippen LogP contribution is 2.49. The smallest absolute Gasteiger partial charge is 0.0920 e. The van der Waals surface area contributed by atoms with Crippen LogP contribution in [0.5, 0.6) is 0 Å². The van der Waals surface area contributed by atoms with Gasteiger partial charge in [0.1, 0.15) is 0 Å². The van der Waals surface area contributed by atoms with Gasteiger partial charge in [0.2, 0.25) is 0 Å². The molecule has 0 amide bonds. The Balaban J connectivity index is 1.55. The molecule has 0 saturated heterocycles. The van der Waals surface area contributed by atoms with Gasteiger partial charge in [0, 0.05) is 17.2 Å². The lowest BCUT2D eigenvalue weighted by Gasteiger charge is -2.22. The van der Waals surface area contributed by atoms with Crippen molar-refractivity contribution in [1.82, 2.24) is 9.97 Å². The van der Waals surface area contributed by atoms with Gasteiger partial charge in [-0.1, -0.05) is 86.6 Å². The van der Waals surface area contributed by atoms with Gasteiger partial charge in [-0.2, -0.15) is 0 Å². The highest BCUT2D eigenvalue weighted by Gasteiger charge is 2.35. The molecule has 1 aliphatic carbocycles. The second kappa shape index (κ2) is 7.11. The van der Waals surface area contributed by atoms with E-state index in [1.807, 2.05) is 20.0 Å². The van der Waals surface area contributed by atoms with Gasteiger partial charge in [0.05, 0.1) is 17.1 Å². The predicted octanol–water partition coefficient (Wildman–Crippen LogP) is 7.89. The van der Waals surface area contributed by atoms with E-state index >= 15 is 0 Å². The maximum Gasteiger partial charge on any atom is 0.0920 e. The minimum atomic E-state index is -0.00766. The van der Waals surface area contributed by atoms with Gasteiger partial charge in [-0.25, -0.2) is 0 Å². The predicted molar refractivity (Wildman–Crippen MR) is 137 cm³/mol. The van der Waals surface area contributed by atoms with Crippen molar-refractivity contribution < 1.29 is 0 Å². The average molecular weight is 427 g/mol. The molecule has 0 unspecified atom stereocenters. The minimum absolute atomic E-state index is 0.00766. The summed E-state index contributed by atoms with van der Waals surface area (Å²) in [5.74, 6) is 0. The molecule has 1 aliphatic rings. The standard InChI is InChI=1S/C31H26N2/c1-19-18-32-30(20(2)33-19)27-13-8-11-23-22(10-7-12-24(23)27)21-15-16-26-25-9-5-6-14-28(25)31(3,4)29(26)17-21/h5-18H,1-4H3. The van der Waals surface area contributed by atoms with Crippen LogP contribution in [-0.2, 0) is 5.41 Å². The molecular formula is C31H26N2. The number of nitrogens with zero attached hydrogens (tertiary/aromatic N) is 2. The first-order valence-electron chi connectivity index (χ1n) is 11.5. The number of hydrogen-bond donors (Lipinski definition) is 0. The molecule has 2 nitrogen and oxygen atoms in total. The van der Waals surface area contributed by atoms with E-state index in [1.165, 1.54) is 44.2 Å². The summed E-state index contributed by atoms with van der Waals surface area (Å²) >= 11 is 0. The molecule has 1 heterocycles. The van der Waals surface area contributed by atoms with Crippen molar-refractivity contribution in [3.05, 3.63) is 108 Å². The quantitative estimate of drug-likeness (QED) is 0.287. The summed E-state index contributed by atoms with van der Waals surface area (Å²) in [5, 5.41) is 2.45. The second-order valence-electron chi connectivity index (χ2n) is 9.58. The highest BCUT2D eigenvalue weighted by molar-refractivity contribution is 6.04. The summed E-state index contributed by atoms with van der Waals surface area (Å²) in [6.45, 7) is 8.69. The summed E-state index contributed by atoms with van der Waals surface area (Å²) < 4.78 is 0. The highest BCUT2D eigenvalue weighted by atomic mass is 14.8. The molecule has 5 aromatic rings. The first-order valence-corrected chi connectivity index (χ1v) is 11.5. The lowest BCUT2D eigenvalue weighted by atomic mass is 9.81. The van der Waals surface area contributed by atoms with Crippen molar-refractivity contribution in [2.24, 2.45) is 0 Å². The monoisotopic (exact) mass is 426 g/mol. The van der Waals surface area contributed by atoms with Crippen LogP contribution in [0.2, 0.25) is 0 Å². The first-order chi connectivity index (χ1) is 15.9. The van der Waals surface area contributed by atoms with Crippen LogP contribution in [0.3, 0.4) is 0 Å². The van der Waals surface area contributed by atoms with Crippen molar-refractivity contribution in [2.45, 2.75) is 33.1 Å². The summed E-state index contributed by atoms with van der Waals surface area (Å²) in [5.41, 5.74) is 12.0. The Morgan fingerprint density at radius 1 is 0.636 bits per heavy atom. The molecule has 0 atom stereocenters. The third-order valence-electron chi connectivity index (χ3n) is 7.14. The van der Waals surface area contributed by atoms with E-state index in [1.54, 1.807) is 0 Å². The fourth-order valence-corrected chi connectivity index (χ4v) is 5.50. The number of aryl methyl sites for hydroxylation is 2. The molecule has 0 N–H and O–H groups in total. The topological polar surface area (TPSA) is 25.8 Å². The van der Waals surface area contributed by atoms with Crippen LogP contribution in [0.4, 0.5) is 0 Å². The van der Waals surface area contributed by atoms with Crippen LogP contribution < -0.4 is 0 Å². The molecular weight excluding hydrogens is 400 g/mol. The number of rotatable bonds is 2. The lowest BCUT2D eigenvalue weighted by Crippen LogP contribution is -2.14. The summed E-state index contributed by atoms with van der Waals surface area (Å²) in [6, 6.07) is 28.9. The Bertz CT molecular complexity index is 1560. The van der Waals surface area contributed by atoms with Gasteiger partial charge in [-0.3, -0.25) is 9.97 Å². The van der Waals surface area contributed by atoms with Crippen LogP contribution in [-0.4, -0.2) is 9.97 Å². The molecule has 1 aromatic heterocycles. The molecule has 160 valence electrons. The van der Waals surface area contributed by atoms with Gasteiger partial charge in [-0.05, 0) is 64.1 Å². The molecule has 0 radical (unpaired) electrons. The number of benzene rings is 4. The SMILES string of the molecule is Cc1cnc(-c2cccc3c(-c4ccc5c(c4)C(C)(C)c4ccccc4-5)cccc23)c(C)n1. The Hall–Kier alpha value is -3.78. The van der Waals surface area contributed by atoms with Gasteiger partial charge in [0.15, 0.2) is 0 Å². The fourth-order valence-electron chi connectivity index (χ4n) is 5.50. The third kappa shape index (κ3) is 2.94. The maximum atomic E-state index is 4.73. The van der Waals surface area contributed by atoms with Crippen LogP contribution in [0, 0.1) is 13.8 Å². The van der Waals surface area contributed by atoms with Crippen LogP contribution in [0.25, 0.3) is 44.3 Å². The molecule has 0 bridgehead atoms. The normalized spacial score (nSPS) is 13.7. The first kappa shape index (κ1) is 19.9. The Morgan fingerprint density at radius 2 is 1.30 bits per heavy atom. The van der Waals surface area contributed by atoms with E-state index in [-0.39, 0.29) is 5.41 Å². The third-order valence-corrected chi connectivity index (χ3v) is 7.14. The maximum absolute atomic E-state index is 4.73. The number of fused-ring (bicyclic) bond motifs is 4. The van der Waals surface area contributed by atoms with E-state index in [9.17, 15) is 0 Å². The Kier molecular flexibility index (Phi) is 4.28. The van der Waals surface area contributed by atoms with Crippen molar-refractivity contribution in [2.75, 3.05) is 0 Å². The average Bonchev–Trinajstić information content (AvgIpc) is 3.05. The zero-order chi connectivity index (χ0) is 22.7. The minimum Gasteiger partial charge on any atom is -0.255 e. The molecule has 4 aromatic carbocycles. The summed E-state index contributed by atoms with van der Waals surface area (Å²) in [7, 11) is 0. The van der Waals surface area contributed by atoms with Gasteiger partial charge in [0.25, 0.3) is 0 Å².